The summed E-state index contributed by atoms with van der Waals surface area (Å²) in [5.74, 6) is 0.144. The third kappa shape index (κ3) is 3.46. The van der Waals surface area contributed by atoms with E-state index >= 15 is 0 Å². The molecule has 0 bridgehead atoms. The van der Waals surface area contributed by atoms with Gasteiger partial charge >= 0.3 is 0 Å². The summed E-state index contributed by atoms with van der Waals surface area (Å²) < 4.78 is 5.28. The molecule has 0 heterocycles. The molecule has 0 aliphatic carbocycles. The fraction of sp³-hybridized carbons (Fsp3) is 0.500. The average Bonchev–Trinajstić information content (AvgIpc) is 2.24. The molecule has 16 heavy (non-hydrogen) atoms. The lowest BCUT2D eigenvalue weighted by Crippen LogP contribution is -2.22. The highest BCUT2D eigenvalue weighted by Gasteiger charge is 2.13. The Balaban J connectivity index is 2.66. The Morgan fingerprint density at radius 3 is 2.56 bits per heavy atom. The van der Waals surface area contributed by atoms with E-state index in [2.05, 4.69) is 26.0 Å². The van der Waals surface area contributed by atoms with Crippen molar-refractivity contribution in [2.24, 2.45) is 0 Å². The molecule has 2 nitrogen and oxygen atoms in total. The van der Waals surface area contributed by atoms with Crippen LogP contribution in [0.4, 0.5) is 0 Å². The molecular weight excluding hydrogens is 200 g/mol. The van der Waals surface area contributed by atoms with Crippen molar-refractivity contribution < 1.29 is 9.53 Å². The van der Waals surface area contributed by atoms with E-state index in [1.165, 1.54) is 11.1 Å². The van der Waals surface area contributed by atoms with Gasteiger partial charge in [0.25, 0.3) is 0 Å². The molecule has 0 fully saturated rings. The van der Waals surface area contributed by atoms with Gasteiger partial charge in [0.1, 0.15) is 6.10 Å². The van der Waals surface area contributed by atoms with Crippen LogP contribution in [0.25, 0.3) is 0 Å². The number of Topliss-reactive ketones (excluding diaryl/α,β-unsaturated/α-hetero) is 1. The standard InChI is InChI=1S/C14H20O2/c1-5-16-12(4)14(15)9-13-7-6-10(2)11(3)8-13/h6-8,12H,5,9H2,1-4H3. The van der Waals surface area contributed by atoms with Crippen molar-refractivity contribution in [1.82, 2.24) is 0 Å². The van der Waals surface area contributed by atoms with E-state index in [1.54, 1.807) is 0 Å². The maximum absolute atomic E-state index is 11.8. The first-order valence-corrected chi connectivity index (χ1v) is 5.75. The third-order valence-electron chi connectivity index (χ3n) is 2.82. The molecule has 0 N–H and O–H groups in total. The Bertz CT molecular complexity index is 369. The summed E-state index contributed by atoms with van der Waals surface area (Å²) in [6.07, 6.45) is 0.161. The summed E-state index contributed by atoms with van der Waals surface area (Å²) in [5, 5.41) is 0. The minimum Gasteiger partial charge on any atom is -0.371 e. The molecule has 0 spiro atoms. The second-order valence-corrected chi connectivity index (χ2v) is 4.16. The van der Waals surface area contributed by atoms with Crippen LogP contribution in [-0.2, 0) is 16.0 Å². The van der Waals surface area contributed by atoms with Crippen LogP contribution in [0, 0.1) is 13.8 Å². The second-order valence-electron chi connectivity index (χ2n) is 4.16. The minimum atomic E-state index is -0.299. The van der Waals surface area contributed by atoms with E-state index in [0.29, 0.717) is 13.0 Å². The monoisotopic (exact) mass is 220 g/mol. The first-order chi connectivity index (χ1) is 7.54. The smallest absolute Gasteiger partial charge is 0.165 e. The van der Waals surface area contributed by atoms with Crippen molar-refractivity contribution >= 4 is 5.78 Å². The Morgan fingerprint density at radius 2 is 2.00 bits per heavy atom. The SMILES string of the molecule is CCOC(C)C(=O)Cc1ccc(C)c(C)c1. The molecule has 1 atom stereocenters. The molecule has 88 valence electrons. The largest absolute Gasteiger partial charge is 0.371 e. The van der Waals surface area contributed by atoms with Crippen LogP contribution in [0.5, 0.6) is 0 Å². The molecular formula is C14H20O2. The summed E-state index contributed by atoms with van der Waals surface area (Å²) >= 11 is 0. The maximum Gasteiger partial charge on any atom is 0.165 e. The molecule has 1 aromatic rings. The van der Waals surface area contributed by atoms with E-state index < -0.39 is 0 Å². The van der Waals surface area contributed by atoms with Gasteiger partial charge in [0, 0.05) is 13.0 Å². The first-order valence-electron chi connectivity index (χ1n) is 5.75. The highest BCUT2D eigenvalue weighted by Crippen LogP contribution is 2.11. The lowest BCUT2D eigenvalue weighted by molar-refractivity contribution is -0.128. The number of ketones is 1. The second kappa shape index (κ2) is 5.80. The minimum absolute atomic E-state index is 0.144. The van der Waals surface area contributed by atoms with E-state index in [-0.39, 0.29) is 11.9 Å². The van der Waals surface area contributed by atoms with Crippen LogP contribution in [0.1, 0.15) is 30.5 Å². The number of carbonyl (C=O) groups is 1. The zero-order valence-electron chi connectivity index (χ0n) is 10.5. The number of benzene rings is 1. The molecule has 1 rings (SSSR count). The van der Waals surface area contributed by atoms with Crippen molar-refractivity contribution in [3.63, 3.8) is 0 Å². The van der Waals surface area contributed by atoms with Crippen molar-refractivity contribution in [3.05, 3.63) is 34.9 Å². The van der Waals surface area contributed by atoms with Crippen LogP contribution < -0.4 is 0 Å². The number of ether oxygens (including phenoxy) is 1. The number of aryl methyl sites for hydroxylation is 2. The molecule has 2 heteroatoms. The van der Waals surface area contributed by atoms with Crippen LogP contribution in [-0.4, -0.2) is 18.5 Å². The molecule has 0 saturated carbocycles. The van der Waals surface area contributed by atoms with Gasteiger partial charge in [-0.1, -0.05) is 18.2 Å². The Hall–Kier alpha value is -1.15. The van der Waals surface area contributed by atoms with Crippen molar-refractivity contribution in [2.75, 3.05) is 6.61 Å². The average molecular weight is 220 g/mol. The van der Waals surface area contributed by atoms with Crippen LogP contribution in [0.15, 0.2) is 18.2 Å². The van der Waals surface area contributed by atoms with Gasteiger partial charge in [-0.3, -0.25) is 4.79 Å². The van der Waals surface area contributed by atoms with E-state index in [9.17, 15) is 4.79 Å². The summed E-state index contributed by atoms with van der Waals surface area (Å²) in [7, 11) is 0. The van der Waals surface area contributed by atoms with Crippen LogP contribution in [0.2, 0.25) is 0 Å². The van der Waals surface area contributed by atoms with Gasteiger partial charge in [-0.2, -0.15) is 0 Å². The quantitative estimate of drug-likeness (QED) is 0.762. The van der Waals surface area contributed by atoms with E-state index in [1.807, 2.05) is 19.9 Å². The predicted molar refractivity (Wildman–Crippen MR) is 65.7 cm³/mol. The van der Waals surface area contributed by atoms with Gasteiger partial charge < -0.3 is 4.74 Å². The van der Waals surface area contributed by atoms with E-state index in [4.69, 9.17) is 4.74 Å². The highest BCUT2D eigenvalue weighted by molar-refractivity contribution is 5.84. The topological polar surface area (TPSA) is 26.3 Å². The van der Waals surface area contributed by atoms with Gasteiger partial charge in [-0.25, -0.2) is 0 Å². The van der Waals surface area contributed by atoms with Crippen molar-refractivity contribution in [1.29, 1.82) is 0 Å². The number of hydrogen-bond acceptors (Lipinski definition) is 2. The molecule has 0 aliphatic rings. The van der Waals surface area contributed by atoms with Gasteiger partial charge in [0.2, 0.25) is 0 Å². The molecule has 1 unspecified atom stereocenters. The summed E-state index contributed by atoms with van der Waals surface area (Å²) in [4.78, 5) is 11.8. The molecule has 0 saturated heterocycles. The molecule has 0 aliphatic heterocycles. The lowest BCUT2D eigenvalue weighted by Gasteiger charge is -2.11. The van der Waals surface area contributed by atoms with Gasteiger partial charge in [0.15, 0.2) is 5.78 Å². The maximum atomic E-state index is 11.8. The third-order valence-corrected chi connectivity index (χ3v) is 2.82. The number of rotatable bonds is 5. The predicted octanol–water partition coefficient (Wildman–Crippen LogP) is 2.84. The van der Waals surface area contributed by atoms with E-state index in [0.717, 1.165) is 5.56 Å². The van der Waals surface area contributed by atoms with Gasteiger partial charge in [-0.05, 0) is 44.4 Å². The summed E-state index contributed by atoms with van der Waals surface area (Å²) in [6, 6.07) is 6.15. The Morgan fingerprint density at radius 1 is 1.31 bits per heavy atom. The zero-order valence-corrected chi connectivity index (χ0v) is 10.5. The van der Waals surface area contributed by atoms with Crippen molar-refractivity contribution in [3.8, 4) is 0 Å². The highest BCUT2D eigenvalue weighted by atomic mass is 16.5. The molecule has 0 radical (unpaired) electrons. The molecule has 0 aromatic heterocycles. The van der Waals surface area contributed by atoms with Crippen LogP contribution in [0.3, 0.4) is 0 Å². The Labute approximate surface area is 97.6 Å². The number of carbonyl (C=O) groups excluding carboxylic acids is 1. The van der Waals surface area contributed by atoms with Crippen molar-refractivity contribution in [2.45, 2.75) is 40.2 Å². The first kappa shape index (κ1) is 12.9. The zero-order chi connectivity index (χ0) is 12.1. The van der Waals surface area contributed by atoms with Gasteiger partial charge in [0.05, 0.1) is 0 Å². The molecule has 0 amide bonds. The normalized spacial score (nSPS) is 12.5. The van der Waals surface area contributed by atoms with Gasteiger partial charge in [-0.15, -0.1) is 0 Å². The Kier molecular flexibility index (Phi) is 4.69. The summed E-state index contributed by atoms with van der Waals surface area (Å²) in [5.41, 5.74) is 3.56. The molecule has 1 aromatic carbocycles. The fourth-order valence-corrected chi connectivity index (χ4v) is 1.60. The fourth-order valence-electron chi connectivity index (χ4n) is 1.60. The van der Waals surface area contributed by atoms with Crippen LogP contribution >= 0.6 is 0 Å². The summed E-state index contributed by atoms with van der Waals surface area (Å²) in [6.45, 7) is 8.44. The number of hydrogen-bond donors (Lipinski definition) is 0. The lowest BCUT2D eigenvalue weighted by atomic mass is 10.0.